The number of aryl methyl sites for hydroxylation is 1. The van der Waals surface area contributed by atoms with Gasteiger partial charge in [0.05, 0.1) is 12.5 Å². The normalized spacial score (nSPS) is 15.5. The molecule has 134 valence electrons. The Morgan fingerprint density at radius 1 is 1.12 bits per heavy atom. The van der Waals surface area contributed by atoms with Crippen molar-refractivity contribution in [2.75, 3.05) is 5.88 Å². The highest BCUT2D eigenvalue weighted by Gasteiger charge is 2.25. The zero-order valence-electron chi connectivity index (χ0n) is 15.0. The molecule has 0 amide bonds. The maximum Gasteiger partial charge on any atom is 0.193 e. The second kappa shape index (κ2) is 7.51. The molecule has 4 rings (SSSR count). The number of aromatic nitrogens is 3. The van der Waals surface area contributed by atoms with Crippen molar-refractivity contribution in [2.45, 2.75) is 38.3 Å². The molecule has 0 radical (unpaired) electrons. The molecule has 0 spiro atoms. The number of rotatable bonds is 5. The summed E-state index contributed by atoms with van der Waals surface area (Å²) >= 11 is 1.72. The molecule has 26 heavy (non-hydrogen) atoms. The van der Waals surface area contributed by atoms with Crippen LogP contribution in [0.15, 0.2) is 59.8 Å². The molecule has 6 heteroatoms. The lowest BCUT2D eigenvalue weighted by Gasteiger charge is -2.33. The molecule has 2 heterocycles. The van der Waals surface area contributed by atoms with E-state index in [-0.39, 0.29) is 0 Å². The van der Waals surface area contributed by atoms with Crippen LogP contribution >= 0.6 is 11.8 Å². The van der Waals surface area contributed by atoms with E-state index in [0.29, 0.717) is 12.6 Å². The summed E-state index contributed by atoms with van der Waals surface area (Å²) in [6, 6.07) is 19.0. The molecule has 3 aromatic rings. The van der Waals surface area contributed by atoms with Crippen molar-refractivity contribution in [1.29, 1.82) is 0 Å². The molecular formula is C20H22N4OS. The topological polar surface area (TPSA) is 43.2 Å². The minimum atomic E-state index is 0.338. The van der Waals surface area contributed by atoms with Crippen molar-refractivity contribution in [2.24, 2.45) is 0 Å². The number of nitrogens with zero attached hydrogens (tertiary/aromatic N) is 4. The number of hydrogen-bond donors (Lipinski definition) is 0. The van der Waals surface area contributed by atoms with E-state index in [1.165, 1.54) is 11.1 Å². The molecule has 0 N–H and O–H groups in total. The standard InChI is InChI=1S/C20H22N4OS/c1-15-7-6-10-18(11-15)25-12-19-21-22-20-24(19)13-23(14-26-20)16(2)17-8-4-3-5-9-17/h3-11,16H,12-14H2,1-2H3. The molecule has 2 aromatic carbocycles. The third-order valence-corrected chi connectivity index (χ3v) is 5.68. The summed E-state index contributed by atoms with van der Waals surface area (Å²) in [4.78, 5) is 2.42. The van der Waals surface area contributed by atoms with E-state index < -0.39 is 0 Å². The van der Waals surface area contributed by atoms with Crippen LogP contribution in [0.2, 0.25) is 0 Å². The van der Waals surface area contributed by atoms with Gasteiger partial charge in [0.25, 0.3) is 0 Å². The highest BCUT2D eigenvalue weighted by Crippen LogP contribution is 2.31. The van der Waals surface area contributed by atoms with Gasteiger partial charge in [-0.15, -0.1) is 10.2 Å². The lowest BCUT2D eigenvalue weighted by Crippen LogP contribution is -2.33. The van der Waals surface area contributed by atoms with Gasteiger partial charge in [0.1, 0.15) is 12.4 Å². The first-order chi connectivity index (χ1) is 12.7. The van der Waals surface area contributed by atoms with E-state index >= 15 is 0 Å². The Balaban J connectivity index is 1.47. The van der Waals surface area contributed by atoms with Gasteiger partial charge in [-0.1, -0.05) is 54.2 Å². The van der Waals surface area contributed by atoms with Gasteiger partial charge in [-0.25, -0.2) is 0 Å². The molecule has 1 atom stereocenters. The fourth-order valence-electron chi connectivity index (χ4n) is 3.07. The van der Waals surface area contributed by atoms with Crippen LogP contribution in [0.25, 0.3) is 0 Å². The van der Waals surface area contributed by atoms with Crippen LogP contribution in [-0.2, 0) is 13.3 Å². The fraction of sp³-hybridized carbons (Fsp3) is 0.300. The first kappa shape index (κ1) is 17.1. The summed E-state index contributed by atoms with van der Waals surface area (Å²) in [5.41, 5.74) is 2.51. The van der Waals surface area contributed by atoms with E-state index in [1.54, 1.807) is 11.8 Å². The van der Waals surface area contributed by atoms with Crippen molar-refractivity contribution in [3.63, 3.8) is 0 Å². The van der Waals surface area contributed by atoms with E-state index in [1.807, 2.05) is 18.2 Å². The molecule has 0 saturated carbocycles. The zero-order valence-corrected chi connectivity index (χ0v) is 15.8. The number of hydrogen-bond acceptors (Lipinski definition) is 5. The van der Waals surface area contributed by atoms with Gasteiger partial charge in [0.15, 0.2) is 11.0 Å². The predicted octanol–water partition coefficient (Wildman–Crippen LogP) is 4.25. The molecule has 1 unspecified atom stereocenters. The summed E-state index contributed by atoms with van der Waals surface area (Å²) in [5, 5.41) is 9.63. The monoisotopic (exact) mass is 366 g/mol. The lowest BCUT2D eigenvalue weighted by molar-refractivity contribution is 0.172. The van der Waals surface area contributed by atoms with E-state index in [2.05, 4.69) is 69.9 Å². The van der Waals surface area contributed by atoms with Gasteiger partial charge in [-0.2, -0.15) is 0 Å². The maximum atomic E-state index is 5.93. The molecule has 1 aliphatic heterocycles. The first-order valence-electron chi connectivity index (χ1n) is 8.74. The van der Waals surface area contributed by atoms with Gasteiger partial charge in [-0.05, 0) is 37.1 Å². The highest BCUT2D eigenvalue weighted by atomic mass is 32.2. The van der Waals surface area contributed by atoms with Gasteiger partial charge in [-0.3, -0.25) is 9.47 Å². The van der Waals surface area contributed by atoms with E-state index in [0.717, 1.165) is 29.3 Å². The summed E-state index contributed by atoms with van der Waals surface area (Å²) < 4.78 is 8.08. The zero-order chi connectivity index (χ0) is 17.9. The Labute approximate surface area is 158 Å². The Kier molecular flexibility index (Phi) is 4.95. The fourth-order valence-corrected chi connectivity index (χ4v) is 4.07. The van der Waals surface area contributed by atoms with Crippen molar-refractivity contribution in [3.05, 3.63) is 71.5 Å². The molecule has 1 aliphatic rings. The maximum absolute atomic E-state index is 5.93. The molecule has 1 aromatic heterocycles. The quantitative estimate of drug-likeness (QED) is 0.675. The highest BCUT2D eigenvalue weighted by molar-refractivity contribution is 7.99. The van der Waals surface area contributed by atoms with Gasteiger partial charge in [0, 0.05) is 6.04 Å². The van der Waals surface area contributed by atoms with Crippen LogP contribution in [-0.4, -0.2) is 25.5 Å². The molecule has 0 bridgehead atoms. The summed E-state index contributed by atoms with van der Waals surface area (Å²) in [6.07, 6.45) is 0. The van der Waals surface area contributed by atoms with Crippen LogP contribution in [0, 0.1) is 6.92 Å². The van der Waals surface area contributed by atoms with Crippen molar-refractivity contribution < 1.29 is 4.74 Å². The number of ether oxygens (including phenoxy) is 1. The molecule has 0 aliphatic carbocycles. The third kappa shape index (κ3) is 3.61. The van der Waals surface area contributed by atoms with Gasteiger partial charge >= 0.3 is 0 Å². The van der Waals surface area contributed by atoms with Crippen LogP contribution in [0.4, 0.5) is 0 Å². The Morgan fingerprint density at radius 2 is 1.96 bits per heavy atom. The summed E-state index contributed by atoms with van der Waals surface area (Å²) in [5.74, 6) is 2.63. The second-order valence-electron chi connectivity index (χ2n) is 6.52. The van der Waals surface area contributed by atoms with Crippen molar-refractivity contribution >= 4 is 11.8 Å². The third-order valence-electron chi connectivity index (χ3n) is 4.66. The molecule has 0 fully saturated rings. The van der Waals surface area contributed by atoms with Gasteiger partial charge < -0.3 is 4.74 Å². The number of benzene rings is 2. The predicted molar refractivity (Wildman–Crippen MR) is 103 cm³/mol. The SMILES string of the molecule is Cc1cccc(OCc2nnc3n2CN(C(C)c2ccccc2)CS3)c1. The largest absolute Gasteiger partial charge is 0.486 e. The average molecular weight is 366 g/mol. The summed E-state index contributed by atoms with van der Waals surface area (Å²) in [6.45, 7) is 5.50. The minimum absolute atomic E-state index is 0.338. The molecule has 5 nitrogen and oxygen atoms in total. The average Bonchev–Trinajstić information content (AvgIpc) is 3.09. The van der Waals surface area contributed by atoms with Gasteiger partial charge in [0.2, 0.25) is 0 Å². The van der Waals surface area contributed by atoms with E-state index in [4.69, 9.17) is 4.74 Å². The van der Waals surface area contributed by atoms with Crippen LogP contribution in [0.5, 0.6) is 5.75 Å². The summed E-state index contributed by atoms with van der Waals surface area (Å²) in [7, 11) is 0. The van der Waals surface area contributed by atoms with Crippen molar-refractivity contribution in [3.8, 4) is 5.75 Å². The Hall–Kier alpha value is -2.31. The van der Waals surface area contributed by atoms with E-state index in [9.17, 15) is 0 Å². The van der Waals surface area contributed by atoms with Crippen LogP contribution in [0.3, 0.4) is 0 Å². The second-order valence-corrected chi connectivity index (χ2v) is 7.43. The first-order valence-corrected chi connectivity index (χ1v) is 9.72. The minimum Gasteiger partial charge on any atom is -0.486 e. The Bertz CT molecular complexity index is 881. The molecule has 0 saturated heterocycles. The molecular weight excluding hydrogens is 344 g/mol. The Morgan fingerprint density at radius 3 is 2.77 bits per heavy atom. The van der Waals surface area contributed by atoms with Crippen LogP contribution in [0.1, 0.15) is 29.9 Å². The smallest absolute Gasteiger partial charge is 0.193 e. The van der Waals surface area contributed by atoms with Crippen LogP contribution < -0.4 is 4.74 Å². The lowest BCUT2D eigenvalue weighted by atomic mass is 10.1. The van der Waals surface area contributed by atoms with Crippen molar-refractivity contribution in [1.82, 2.24) is 19.7 Å². The number of thioether (sulfide) groups is 1. The number of fused-ring (bicyclic) bond motifs is 1.